The van der Waals surface area contributed by atoms with E-state index in [1.54, 1.807) is 6.92 Å². The van der Waals surface area contributed by atoms with Gasteiger partial charge >= 0.3 is 5.97 Å². The summed E-state index contributed by atoms with van der Waals surface area (Å²) in [5.74, 6) is 4.98. The molecule has 3 fully saturated rings. The number of carbonyl (C=O) groups is 1. The molecule has 0 saturated heterocycles. The van der Waals surface area contributed by atoms with Crippen LogP contribution in [0.4, 0.5) is 0 Å². The van der Waals surface area contributed by atoms with Crippen LogP contribution >= 0.6 is 0 Å². The van der Waals surface area contributed by atoms with Crippen LogP contribution in [0.1, 0.15) is 99.8 Å². The maximum atomic E-state index is 11.5. The van der Waals surface area contributed by atoms with Crippen LogP contribution in [-0.4, -0.2) is 12.1 Å². The molecule has 180 valence electrons. The lowest BCUT2D eigenvalue weighted by Gasteiger charge is -2.58. The Labute approximate surface area is 197 Å². The van der Waals surface area contributed by atoms with Crippen molar-refractivity contribution < 1.29 is 9.53 Å². The standard InChI is InChI=1S/C30H48O2/c1-19(2)20(3)8-9-21(4)26-12-13-27-25-11-10-23-18-24(32-22(5)31)14-16-29(23,6)28(25)15-17-30(26,27)7/h8-9,11,19-21,23-24,26-28H,10,12-18H2,1-7H3/b9-8+/t20-,21+,23+,24+,26+,27+,28-,29+,30-/m0/s1. The van der Waals surface area contributed by atoms with Crippen LogP contribution in [0.3, 0.4) is 0 Å². The smallest absolute Gasteiger partial charge is 0.302 e. The van der Waals surface area contributed by atoms with Gasteiger partial charge in [-0.25, -0.2) is 0 Å². The molecule has 9 atom stereocenters. The molecule has 0 amide bonds. The monoisotopic (exact) mass is 440 g/mol. The summed E-state index contributed by atoms with van der Waals surface area (Å²) >= 11 is 0. The highest BCUT2D eigenvalue weighted by atomic mass is 16.5. The lowest BCUT2D eigenvalue weighted by atomic mass is 9.47. The zero-order valence-electron chi connectivity index (χ0n) is 21.8. The van der Waals surface area contributed by atoms with Crippen LogP contribution in [0, 0.1) is 52.3 Å². The van der Waals surface area contributed by atoms with E-state index in [1.165, 1.54) is 38.5 Å². The molecule has 0 aromatic carbocycles. The first-order valence-corrected chi connectivity index (χ1v) is 13.6. The van der Waals surface area contributed by atoms with Gasteiger partial charge in [0, 0.05) is 6.92 Å². The second kappa shape index (κ2) is 8.95. The van der Waals surface area contributed by atoms with Gasteiger partial charge in [0.1, 0.15) is 6.10 Å². The van der Waals surface area contributed by atoms with E-state index in [9.17, 15) is 4.79 Å². The molecule has 0 spiro atoms. The van der Waals surface area contributed by atoms with Crippen LogP contribution in [0.2, 0.25) is 0 Å². The Hall–Kier alpha value is -1.05. The van der Waals surface area contributed by atoms with Gasteiger partial charge in [-0.2, -0.15) is 0 Å². The lowest BCUT2D eigenvalue weighted by Crippen LogP contribution is -2.50. The maximum absolute atomic E-state index is 11.5. The highest BCUT2D eigenvalue weighted by Crippen LogP contribution is 2.66. The summed E-state index contributed by atoms with van der Waals surface area (Å²) in [4.78, 5) is 11.5. The summed E-state index contributed by atoms with van der Waals surface area (Å²) in [6.07, 6.45) is 17.9. The number of esters is 1. The number of ether oxygens (including phenoxy) is 1. The van der Waals surface area contributed by atoms with Crippen molar-refractivity contribution >= 4 is 5.97 Å². The van der Waals surface area contributed by atoms with Gasteiger partial charge in [-0.05, 0) is 104 Å². The predicted octanol–water partition coefficient (Wildman–Crippen LogP) is 7.98. The van der Waals surface area contributed by atoms with E-state index >= 15 is 0 Å². The highest BCUT2D eigenvalue weighted by Gasteiger charge is 2.58. The summed E-state index contributed by atoms with van der Waals surface area (Å²) in [6.45, 7) is 16.3. The Balaban J connectivity index is 1.51. The molecule has 0 radical (unpaired) electrons. The van der Waals surface area contributed by atoms with Crippen molar-refractivity contribution in [3.8, 4) is 0 Å². The van der Waals surface area contributed by atoms with Gasteiger partial charge in [0.25, 0.3) is 0 Å². The molecule has 0 aromatic rings. The molecule has 4 rings (SSSR count). The van der Waals surface area contributed by atoms with Crippen molar-refractivity contribution in [1.82, 2.24) is 0 Å². The van der Waals surface area contributed by atoms with Crippen LogP contribution in [0.15, 0.2) is 23.8 Å². The molecule has 32 heavy (non-hydrogen) atoms. The minimum absolute atomic E-state index is 0.109. The fraction of sp³-hybridized carbons (Fsp3) is 0.833. The number of allylic oxidation sites excluding steroid dienone is 4. The van der Waals surface area contributed by atoms with Crippen LogP contribution < -0.4 is 0 Å². The van der Waals surface area contributed by atoms with Gasteiger partial charge in [-0.1, -0.05) is 65.3 Å². The third-order valence-electron chi connectivity index (χ3n) is 10.8. The zero-order valence-corrected chi connectivity index (χ0v) is 21.8. The molecule has 0 aromatic heterocycles. The average Bonchev–Trinajstić information content (AvgIpc) is 3.08. The van der Waals surface area contributed by atoms with Gasteiger partial charge in [-0.15, -0.1) is 0 Å². The van der Waals surface area contributed by atoms with E-state index in [0.717, 1.165) is 36.5 Å². The highest BCUT2D eigenvalue weighted by molar-refractivity contribution is 5.66. The van der Waals surface area contributed by atoms with E-state index in [1.807, 2.05) is 5.57 Å². The minimum Gasteiger partial charge on any atom is -0.463 e. The van der Waals surface area contributed by atoms with E-state index in [0.29, 0.717) is 28.6 Å². The van der Waals surface area contributed by atoms with Crippen LogP contribution in [0.5, 0.6) is 0 Å². The van der Waals surface area contributed by atoms with E-state index in [-0.39, 0.29) is 12.1 Å². The first kappa shape index (κ1) is 24.1. The molecule has 0 aliphatic heterocycles. The number of fused-ring (bicyclic) bond motifs is 5. The van der Waals surface area contributed by atoms with E-state index < -0.39 is 0 Å². The first-order chi connectivity index (χ1) is 15.1. The SMILES string of the molecule is CC(=O)O[C@@H]1CC[C@]2(C)[C@H](CC=C3[C@H]4CC[C@H]([C@H](C)/C=C/[C@H](C)C(C)C)[C@]4(C)CC[C@@H]32)C1. The molecule has 2 heteroatoms. The molecular formula is C30H48O2. The summed E-state index contributed by atoms with van der Waals surface area (Å²) in [6, 6.07) is 0. The Bertz CT molecular complexity index is 763. The Morgan fingerprint density at radius 2 is 1.69 bits per heavy atom. The minimum atomic E-state index is -0.109. The number of rotatable bonds is 5. The van der Waals surface area contributed by atoms with Crippen molar-refractivity contribution in [3.63, 3.8) is 0 Å². The van der Waals surface area contributed by atoms with Gasteiger partial charge in [0.2, 0.25) is 0 Å². The number of hydrogen-bond donors (Lipinski definition) is 0. The molecule has 2 nitrogen and oxygen atoms in total. The quantitative estimate of drug-likeness (QED) is 0.320. The largest absolute Gasteiger partial charge is 0.463 e. The average molecular weight is 441 g/mol. The second-order valence-electron chi connectivity index (χ2n) is 12.8. The molecular weight excluding hydrogens is 392 g/mol. The van der Waals surface area contributed by atoms with E-state index in [2.05, 4.69) is 59.8 Å². The Morgan fingerprint density at radius 1 is 1.00 bits per heavy atom. The molecule has 4 aliphatic carbocycles. The van der Waals surface area contributed by atoms with Crippen molar-refractivity contribution in [2.75, 3.05) is 0 Å². The topological polar surface area (TPSA) is 26.3 Å². The molecule has 0 unspecified atom stereocenters. The Morgan fingerprint density at radius 3 is 2.38 bits per heavy atom. The summed E-state index contributed by atoms with van der Waals surface area (Å²) in [5.41, 5.74) is 2.70. The number of hydrogen-bond acceptors (Lipinski definition) is 2. The molecule has 0 bridgehead atoms. The third-order valence-corrected chi connectivity index (χ3v) is 10.8. The van der Waals surface area contributed by atoms with Crippen molar-refractivity contribution in [1.29, 1.82) is 0 Å². The second-order valence-corrected chi connectivity index (χ2v) is 12.8. The lowest BCUT2D eigenvalue weighted by molar-refractivity contribution is -0.152. The van der Waals surface area contributed by atoms with Crippen molar-refractivity contribution in [2.24, 2.45) is 52.3 Å². The van der Waals surface area contributed by atoms with Gasteiger partial charge < -0.3 is 4.74 Å². The number of carbonyl (C=O) groups excluding carboxylic acids is 1. The van der Waals surface area contributed by atoms with Gasteiger partial charge in [-0.3, -0.25) is 4.79 Å². The van der Waals surface area contributed by atoms with Crippen molar-refractivity contribution in [2.45, 2.75) is 106 Å². The van der Waals surface area contributed by atoms with E-state index in [4.69, 9.17) is 4.74 Å². The normalized spacial score (nSPS) is 43.2. The third kappa shape index (κ3) is 4.14. The molecule has 0 heterocycles. The van der Waals surface area contributed by atoms with Crippen molar-refractivity contribution in [3.05, 3.63) is 23.8 Å². The maximum Gasteiger partial charge on any atom is 0.302 e. The molecule has 0 N–H and O–H groups in total. The predicted molar refractivity (Wildman–Crippen MR) is 133 cm³/mol. The Kier molecular flexibility index (Phi) is 6.74. The van der Waals surface area contributed by atoms with Crippen LogP contribution in [-0.2, 0) is 9.53 Å². The fourth-order valence-electron chi connectivity index (χ4n) is 8.43. The fourth-order valence-corrected chi connectivity index (χ4v) is 8.43. The first-order valence-electron chi connectivity index (χ1n) is 13.6. The summed E-state index contributed by atoms with van der Waals surface area (Å²) in [5, 5.41) is 0. The van der Waals surface area contributed by atoms with Crippen LogP contribution in [0.25, 0.3) is 0 Å². The van der Waals surface area contributed by atoms with Gasteiger partial charge in [0.15, 0.2) is 0 Å². The molecule has 3 saturated carbocycles. The summed E-state index contributed by atoms with van der Waals surface area (Å²) < 4.78 is 5.64. The zero-order chi connectivity index (χ0) is 23.3. The summed E-state index contributed by atoms with van der Waals surface area (Å²) in [7, 11) is 0. The van der Waals surface area contributed by atoms with Gasteiger partial charge in [0.05, 0.1) is 0 Å². The molecule has 4 aliphatic rings.